The molecular formula is C21H27F2N7O. The molecule has 166 valence electrons. The SMILES string of the molecule is Cc1cc(N2CCN(C)CC2)nc(N2CCN(C(=O)Nc3c(F)cccc3F)CC2)n1. The zero-order valence-electron chi connectivity index (χ0n) is 17.8. The largest absolute Gasteiger partial charge is 0.354 e. The zero-order chi connectivity index (χ0) is 22.0. The number of nitrogens with zero attached hydrogens (tertiary/aromatic N) is 6. The maximum atomic E-state index is 13.8. The van der Waals surface area contributed by atoms with E-state index in [4.69, 9.17) is 4.98 Å². The summed E-state index contributed by atoms with van der Waals surface area (Å²) in [6.07, 6.45) is 0. The Bertz CT molecular complexity index is 921. The molecule has 0 radical (unpaired) electrons. The maximum absolute atomic E-state index is 13.8. The lowest BCUT2D eigenvalue weighted by Crippen LogP contribution is -2.50. The Balaban J connectivity index is 1.39. The van der Waals surface area contributed by atoms with Crippen LogP contribution in [0.25, 0.3) is 0 Å². The van der Waals surface area contributed by atoms with Gasteiger partial charge in [-0.15, -0.1) is 0 Å². The number of urea groups is 1. The van der Waals surface area contributed by atoms with Gasteiger partial charge in [0.15, 0.2) is 0 Å². The second-order valence-corrected chi connectivity index (χ2v) is 7.96. The molecule has 2 fully saturated rings. The third-order valence-electron chi connectivity index (χ3n) is 5.70. The van der Waals surface area contributed by atoms with Crippen LogP contribution in [-0.4, -0.2) is 85.2 Å². The van der Waals surface area contributed by atoms with Crippen LogP contribution in [0.3, 0.4) is 0 Å². The van der Waals surface area contributed by atoms with Gasteiger partial charge in [-0.2, -0.15) is 4.98 Å². The summed E-state index contributed by atoms with van der Waals surface area (Å²) >= 11 is 0. The van der Waals surface area contributed by atoms with Crippen LogP contribution in [0.4, 0.5) is 31.0 Å². The lowest BCUT2D eigenvalue weighted by molar-refractivity contribution is 0.207. The standard InChI is InChI=1S/C21H27F2N7O/c1-15-14-18(28-8-6-27(2)7-9-28)25-20(24-15)29-10-12-30(13-11-29)21(31)26-19-16(22)4-3-5-17(19)23/h3-5,14H,6-13H2,1-2H3,(H,26,31). The number of aromatic nitrogens is 2. The maximum Gasteiger partial charge on any atom is 0.322 e. The molecule has 31 heavy (non-hydrogen) atoms. The van der Waals surface area contributed by atoms with Crippen LogP contribution in [0.2, 0.25) is 0 Å². The number of hydrogen-bond acceptors (Lipinski definition) is 6. The number of carbonyl (C=O) groups excluding carboxylic acids is 1. The van der Waals surface area contributed by atoms with E-state index < -0.39 is 23.4 Å². The smallest absolute Gasteiger partial charge is 0.322 e. The molecule has 0 aliphatic carbocycles. The number of rotatable bonds is 3. The number of hydrogen-bond donors (Lipinski definition) is 1. The number of para-hydroxylation sites is 1. The van der Waals surface area contributed by atoms with E-state index in [9.17, 15) is 13.6 Å². The quantitative estimate of drug-likeness (QED) is 0.804. The van der Waals surface area contributed by atoms with Crippen molar-refractivity contribution in [2.24, 2.45) is 0 Å². The average Bonchev–Trinajstić information content (AvgIpc) is 2.76. The zero-order valence-corrected chi connectivity index (χ0v) is 17.8. The minimum atomic E-state index is -0.795. The van der Waals surface area contributed by atoms with E-state index in [1.807, 2.05) is 17.9 Å². The Morgan fingerprint density at radius 2 is 1.55 bits per heavy atom. The van der Waals surface area contributed by atoms with Crippen molar-refractivity contribution in [3.8, 4) is 0 Å². The summed E-state index contributed by atoms with van der Waals surface area (Å²) in [6.45, 7) is 7.69. The van der Waals surface area contributed by atoms with Gasteiger partial charge in [-0.25, -0.2) is 18.6 Å². The lowest BCUT2D eigenvalue weighted by Gasteiger charge is -2.36. The summed E-state index contributed by atoms with van der Waals surface area (Å²) < 4.78 is 27.6. The first kappa shape index (κ1) is 21.2. The van der Waals surface area contributed by atoms with Gasteiger partial charge in [0.05, 0.1) is 0 Å². The fraction of sp³-hybridized carbons (Fsp3) is 0.476. The van der Waals surface area contributed by atoms with Crippen LogP contribution < -0.4 is 15.1 Å². The number of anilines is 3. The van der Waals surface area contributed by atoms with Crippen molar-refractivity contribution in [2.75, 3.05) is 74.5 Å². The van der Waals surface area contributed by atoms with Crippen molar-refractivity contribution in [1.29, 1.82) is 0 Å². The summed E-state index contributed by atoms with van der Waals surface area (Å²) in [5, 5.41) is 2.34. The van der Waals surface area contributed by atoms with Crippen molar-refractivity contribution in [2.45, 2.75) is 6.92 Å². The van der Waals surface area contributed by atoms with Gasteiger partial charge in [0.2, 0.25) is 5.95 Å². The van der Waals surface area contributed by atoms with E-state index in [0.29, 0.717) is 32.1 Å². The van der Waals surface area contributed by atoms with Crippen molar-refractivity contribution < 1.29 is 13.6 Å². The highest BCUT2D eigenvalue weighted by molar-refractivity contribution is 5.89. The molecule has 2 saturated heterocycles. The summed E-state index contributed by atoms with van der Waals surface area (Å²) in [7, 11) is 2.12. The molecule has 3 heterocycles. The molecule has 0 atom stereocenters. The summed E-state index contributed by atoms with van der Waals surface area (Å²) in [6, 6.07) is 4.97. The summed E-state index contributed by atoms with van der Waals surface area (Å²) in [5.74, 6) is -0.0203. The van der Waals surface area contributed by atoms with Gasteiger partial charge in [0.1, 0.15) is 23.1 Å². The molecule has 0 unspecified atom stereocenters. The first-order valence-electron chi connectivity index (χ1n) is 10.4. The van der Waals surface area contributed by atoms with Crippen LogP contribution >= 0.6 is 0 Å². The van der Waals surface area contributed by atoms with Crippen LogP contribution in [0, 0.1) is 18.6 Å². The Morgan fingerprint density at radius 1 is 0.935 bits per heavy atom. The highest BCUT2D eigenvalue weighted by atomic mass is 19.1. The molecular weight excluding hydrogens is 404 g/mol. The Labute approximate surface area is 180 Å². The van der Waals surface area contributed by atoms with Crippen LogP contribution in [-0.2, 0) is 0 Å². The molecule has 1 aromatic heterocycles. The van der Waals surface area contributed by atoms with Crippen molar-refractivity contribution >= 4 is 23.5 Å². The molecule has 2 aliphatic rings. The Kier molecular flexibility index (Phi) is 6.17. The lowest BCUT2D eigenvalue weighted by atomic mass is 10.3. The predicted molar refractivity (Wildman–Crippen MR) is 116 cm³/mol. The first-order valence-corrected chi connectivity index (χ1v) is 10.4. The highest BCUT2D eigenvalue weighted by Crippen LogP contribution is 2.21. The van der Waals surface area contributed by atoms with E-state index >= 15 is 0 Å². The third kappa shape index (κ3) is 4.84. The number of benzene rings is 1. The molecule has 10 heteroatoms. The molecule has 8 nitrogen and oxygen atoms in total. The van der Waals surface area contributed by atoms with Gasteiger partial charge in [0.25, 0.3) is 0 Å². The minimum Gasteiger partial charge on any atom is -0.354 e. The second-order valence-electron chi connectivity index (χ2n) is 7.96. The van der Waals surface area contributed by atoms with Gasteiger partial charge in [0, 0.05) is 64.1 Å². The van der Waals surface area contributed by atoms with E-state index in [1.54, 1.807) is 4.90 Å². The Morgan fingerprint density at radius 3 is 2.19 bits per heavy atom. The Hall–Kier alpha value is -3.01. The first-order chi connectivity index (χ1) is 14.9. The number of aryl methyl sites for hydroxylation is 1. The van der Waals surface area contributed by atoms with Crippen LogP contribution in [0.15, 0.2) is 24.3 Å². The van der Waals surface area contributed by atoms with Gasteiger partial charge < -0.3 is 24.9 Å². The average molecular weight is 431 g/mol. The third-order valence-corrected chi connectivity index (χ3v) is 5.70. The molecule has 0 bridgehead atoms. The summed E-state index contributed by atoms with van der Waals surface area (Å²) in [4.78, 5) is 30.0. The van der Waals surface area contributed by atoms with Gasteiger partial charge in [-0.05, 0) is 26.1 Å². The number of amides is 2. The van der Waals surface area contributed by atoms with Gasteiger partial charge in [-0.3, -0.25) is 0 Å². The van der Waals surface area contributed by atoms with Crippen molar-refractivity contribution in [3.63, 3.8) is 0 Å². The van der Waals surface area contributed by atoms with E-state index in [-0.39, 0.29) is 0 Å². The highest BCUT2D eigenvalue weighted by Gasteiger charge is 2.25. The van der Waals surface area contributed by atoms with Gasteiger partial charge in [-0.1, -0.05) is 6.07 Å². The molecule has 0 saturated carbocycles. The van der Waals surface area contributed by atoms with Crippen LogP contribution in [0.5, 0.6) is 0 Å². The fourth-order valence-electron chi connectivity index (χ4n) is 3.79. The van der Waals surface area contributed by atoms with Gasteiger partial charge >= 0.3 is 6.03 Å². The fourth-order valence-corrected chi connectivity index (χ4v) is 3.79. The minimum absolute atomic E-state index is 0.406. The summed E-state index contributed by atoms with van der Waals surface area (Å²) in [5.41, 5.74) is 0.475. The predicted octanol–water partition coefficient (Wildman–Crippen LogP) is 2.17. The number of halogens is 2. The van der Waals surface area contributed by atoms with Crippen molar-refractivity contribution in [3.05, 3.63) is 41.6 Å². The molecule has 4 rings (SSSR count). The molecule has 0 spiro atoms. The van der Waals surface area contributed by atoms with E-state index in [2.05, 4.69) is 27.1 Å². The molecule has 2 amide bonds. The van der Waals surface area contributed by atoms with E-state index in [1.165, 1.54) is 6.07 Å². The normalized spacial score (nSPS) is 17.7. The van der Waals surface area contributed by atoms with Crippen LogP contribution in [0.1, 0.15) is 5.69 Å². The monoisotopic (exact) mass is 431 g/mol. The van der Waals surface area contributed by atoms with Crippen molar-refractivity contribution in [1.82, 2.24) is 19.8 Å². The topological polar surface area (TPSA) is 67.8 Å². The second kappa shape index (κ2) is 9.01. The van der Waals surface area contributed by atoms with E-state index in [0.717, 1.165) is 49.8 Å². The molecule has 1 aromatic carbocycles. The number of likely N-dealkylation sites (N-methyl/N-ethyl adjacent to an activating group) is 1. The molecule has 1 N–H and O–H groups in total. The number of piperazine rings is 2. The molecule has 2 aliphatic heterocycles. The number of carbonyl (C=O) groups is 1. The number of nitrogens with one attached hydrogen (secondary N) is 1. The molecule has 2 aromatic rings.